The standard InChI is InChI=1S/C26H24N2O6S/c1-16-13-17(2)24(22(14-16)26(29)30)28-35(31,32)21-11-9-20(10-12-21)33-15-23-18(3)34-25(27-23)19-7-5-4-6-8-19/h4-14,28H,15H2,1-3H3,(H,29,30). The predicted molar refractivity (Wildman–Crippen MR) is 131 cm³/mol. The quantitative estimate of drug-likeness (QED) is 0.340. The Hall–Kier alpha value is -4.11. The Kier molecular flexibility index (Phi) is 6.61. The van der Waals surface area contributed by atoms with Gasteiger partial charge in [-0.15, -0.1) is 0 Å². The van der Waals surface area contributed by atoms with Crippen molar-refractivity contribution in [1.82, 2.24) is 4.98 Å². The highest BCUT2D eigenvalue weighted by Gasteiger charge is 2.21. The van der Waals surface area contributed by atoms with Crippen LogP contribution in [0.5, 0.6) is 5.75 Å². The maximum atomic E-state index is 12.9. The van der Waals surface area contributed by atoms with E-state index in [1.807, 2.05) is 30.3 Å². The van der Waals surface area contributed by atoms with Crippen molar-refractivity contribution >= 4 is 21.7 Å². The third-order valence-electron chi connectivity index (χ3n) is 5.37. The maximum Gasteiger partial charge on any atom is 0.337 e. The number of anilines is 1. The lowest BCUT2D eigenvalue weighted by molar-refractivity contribution is 0.0698. The van der Waals surface area contributed by atoms with Crippen molar-refractivity contribution in [3.05, 3.63) is 94.9 Å². The predicted octanol–water partition coefficient (Wildman–Crippen LogP) is 5.34. The van der Waals surface area contributed by atoms with Gasteiger partial charge in [-0.05, 0) is 74.4 Å². The maximum absolute atomic E-state index is 12.9. The number of hydrogen-bond donors (Lipinski definition) is 2. The molecule has 8 nitrogen and oxygen atoms in total. The zero-order valence-electron chi connectivity index (χ0n) is 19.4. The van der Waals surface area contributed by atoms with E-state index in [0.29, 0.717) is 28.7 Å². The summed E-state index contributed by atoms with van der Waals surface area (Å²) in [7, 11) is -4.02. The van der Waals surface area contributed by atoms with Crippen molar-refractivity contribution in [2.24, 2.45) is 0 Å². The lowest BCUT2D eigenvalue weighted by atomic mass is 10.0. The van der Waals surface area contributed by atoms with Crippen molar-refractivity contribution in [3.63, 3.8) is 0 Å². The number of sulfonamides is 1. The van der Waals surface area contributed by atoms with Gasteiger partial charge in [-0.3, -0.25) is 4.72 Å². The van der Waals surface area contributed by atoms with Gasteiger partial charge >= 0.3 is 5.97 Å². The first-order valence-corrected chi connectivity index (χ1v) is 12.2. The topological polar surface area (TPSA) is 119 Å². The van der Waals surface area contributed by atoms with Gasteiger partial charge in [0.1, 0.15) is 23.8 Å². The molecule has 0 aliphatic carbocycles. The van der Waals surface area contributed by atoms with E-state index in [2.05, 4.69) is 9.71 Å². The summed E-state index contributed by atoms with van der Waals surface area (Å²) in [6.07, 6.45) is 0. The number of nitrogens with one attached hydrogen (secondary N) is 1. The number of nitrogens with zero attached hydrogens (tertiary/aromatic N) is 1. The van der Waals surface area contributed by atoms with E-state index in [4.69, 9.17) is 9.15 Å². The molecule has 2 N–H and O–H groups in total. The lowest BCUT2D eigenvalue weighted by Crippen LogP contribution is -2.17. The molecule has 0 bridgehead atoms. The van der Waals surface area contributed by atoms with Crippen molar-refractivity contribution < 1.29 is 27.5 Å². The van der Waals surface area contributed by atoms with Crippen LogP contribution >= 0.6 is 0 Å². The van der Waals surface area contributed by atoms with Gasteiger partial charge in [0, 0.05) is 5.56 Å². The van der Waals surface area contributed by atoms with Gasteiger partial charge in [-0.25, -0.2) is 18.2 Å². The molecule has 0 unspecified atom stereocenters. The number of carboxylic acid groups (broad SMARTS) is 1. The zero-order valence-corrected chi connectivity index (χ0v) is 20.2. The Morgan fingerprint density at radius 3 is 2.37 bits per heavy atom. The third-order valence-corrected chi connectivity index (χ3v) is 6.74. The monoisotopic (exact) mass is 492 g/mol. The summed E-state index contributed by atoms with van der Waals surface area (Å²) < 4.78 is 39.8. The molecule has 0 atom stereocenters. The minimum Gasteiger partial charge on any atom is -0.487 e. The van der Waals surface area contributed by atoms with E-state index >= 15 is 0 Å². The van der Waals surface area contributed by atoms with Crippen LogP contribution in [0.1, 0.15) is 32.9 Å². The number of aromatic nitrogens is 1. The number of hydrogen-bond acceptors (Lipinski definition) is 6. The number of rotatable bonds is 8. The SMILES string of the molecule is Cc1cc(C)c(NS(=O)(=O)c2ccc(OCc3nc(-c4ccccc4)oc3C)cc2)c(C(=O)O)c1. The molecule has 0 saturated carbocycles. The van der Waals surface area contributed by atoms with E-state index in [1.165, 1.54) is 30.3 Å². The lowest BCUT2D eigenvalue weighted by Gasteiger charge is -2.14. The molecule has 0 spiro atoms. The molecule has 35 heavy (non-hydrogen) atoms. The van der Waals surface area contributed by atoms with E-state index in [-0.39, 0.29) is 22.8 Å². The summed E-state index contributed by atoms with van der Waals surface area (Å²) in [6.45, 7) is 5.36. The number of oxazole rings is 1. The Morgan fingerprint density at radius 2 is 1.71 bits per heavy atom. The molecule has 4 rings (SSSR count). The van der Waals surface area contributed by atoms with E-state index in [9.17, 15) is 18.3 Å². The van der Waals surface area contributed by atoms with Gasteiger partial charge in [-0.2, -0.15) is 0 Å². The van der Waals surface area contributed by atoms with Crippen LogP contribution in [-0.4, -0.2) is 24.5 Å². The van der Waals surface area contributed by atoms with Crippen LogP contribution in [0.2, 0.25) is 0 Å². The first kappa shape index (κ1) is 24.0. The van der Waals surface area contributed by atoms with Crippen LogP contribution in [0, 0.1) is 20.8 Å². The Morgan fingerprint density at radius 1 is 1.03 bits per heavy atom. The average molecular weight is 493 g/mol. The molecular formula is C26H24N2O6S. The fraction of sp³-hybridized carbons (Fsp3) is 0.154. The second-order valence-corrected chi connectivity index (χ2v) is 9.75. The number of ether oxygens (including phenoxy) is 1. The number of aryl methyl sites for hydroxylation is 3. The number of carboxylic acids is 1. The molecule has 0 fully saturated rings. The summed E-state index contributed by atoms with van der Waals surface area (Å²) in [5.41, 5.74) is 2.67. The largest absolute Gasteiger partial charge is 0.487 e. The second-order valence-electron chi connectivity index (χ2n) is 8.06. The smallest absolute Gasteiger partial charge is 0.337 e. The molecule has 1 aromatic heterocycles. The summed E-state index contributed by atoms with van der Waals surface area (Å²) in [5.74, 6) is 0.374. The molecule has 0 aliphatic heterocycles. The third kappa shape index (κ3) is 5.36. The highest BCUT2D eigenvalue weighted by atomic mass is 32.2. The van der Waals surface area contributed by atoms with E-state index < -0.39 is 16.0 Å². The number of benzene rings is 3. The number of aromatic carboxylic acids is 1. The van der Waals surface area contributed by atoms with E-state index in [0.717, 1.165) is 11.1 Å². The molecule has 180 valence electrons. The van der Waals surface area contributed by atoms with Crippen LogP contribution in [0.25, 0.3) is 11.5 Å². The van der Waals surface area contributed by atoms with Gasteiger partial charge < -0.3 is 14.3 Å². The van der Waals surface area contributed by atoms with Crippen LogP contribution in [0.3, 0.4) is 0 Å². The average Bonchev–Trinajstić information content (AvgIpc) is 3.20. The molecule has 0 radical (unpaired) electrons. The molecule has 9 heteroatoms. The molecule has 1 heterocycles. The van der Waals surface area contributed by atoms with Crippen LogP contribution in [-0.2, 0) is 16.6 Å². The molecule has 3 aromatic carbocycles. The normalized spacial score (nSPS) is 11.3. The van der Waals surface area contributed by atoms with Crippen molar-refractivity contribution in [1.29, 1.82) is 0 Å². The molecule has 0 amide bonds. The number of carbonyl (C=O) groups is 1. The Bertz CT molecular complexity index is 1480. The first-order chi connectivity index (χ1) is 16.6. The Labute approximate surface area is 203 Å². The van der Waals surface area contributed by atoms with Crippen LogP contribution in [0.4, 0.5) is 5.69 Å². The van der Waals surface area contributed by atoms with E-state index in [1.54, 1.807) is 26.8 Å². The molecule has 0 aliphatic rings. The van der Waals surface area contributed by atoms with Gasteiger partial charge in [0.25, 0.3) is 10.0 Å². The minimum atomic E-state index is -4.02. The highest BCUT2D eigenvalue weighted by Crippen LogP contribution is 2.27. The Balaban J connectivity index is 1.48. The van der Waals surface area contributed by atoms with Gasteiger partial charge in [0.15, 0.2) is 0 Å². The summed E-state index contributed by atoms with van der Waals surface area (Å²) in [4.78, 5) is 16.1. The van der Waals surface area contributed by atoms with Crippen molar-refractivity contribution in [3.8, 4) is 17.2 Å². The fourth-order valence-corrected chi connectivity index (χ4v) is 4.75. The summed E-state index contributed by atoms with van der Waals surface area (Å²) >= 11 is 0. The summed E-state index contributed by atoms with van der Waals surface area (Å²) in [5, 5.41) is 9.49. The van der Waals surface area contributed by atoms with Gasteiger partial charge in [0.2, 0.25) is 5.89 Å². The van der Waals surface area contributed by atoms with Crippen molar-refractivity contribution in [2.75, 3.05) is 4.72 Å². The van der Waals surface area contributed by atoms with Crippen LogP contribution < -0.4 is 9.46 Å². The summed E-state index contributed by atoms with van der Waals surface area (Å²) in [6, 6.07) is 18.5. The van der Waals surface area contributed by atoms with Gasteiger partial charge in [0.05, 0.1) is 16.1 Å². The molecule has 4 aromatic rings. The molecular weight excluding hydrogens is 468 g/mol. The first-order valence-electron chi connectivity index (χ1n) is 10.8. The zero-order chi connectivity index (χ0) is 25.2. The van der Waals surface area contributed by atoms with Crippen molar-refractivity contribution in [2.45, 2.75) is 32.3 Å². The van der Waals surface area contributed by atoms with Gasteiger partial charge in [-0.1, -0.05) is 24.3 Å². The van der Waals surface area contributed by atoms with Crippen LogP contribution in [0.15, 0.2) is 76.0 Å². The minimum absolute atomic E-state index is 0.0230. The second kappa shape index (κ2) is 9.63. The fourth-order valence-electron chi connectivity index (χ4n) is 3.60. The highest BCUT2D eigenvalue weighted by molar-refractivity contribution is 7.92. The molecule has 0 saturated heterocycles.